The molecule has 2 heterocycles. The molecule has 2 aromatic carbocycles. The van der Waals surface area contributed by atoms with Crippen LogP contribution in [-0.4, -0.2) is 15.0 Å². The molecule has 0 radical (unpaired) electrons. The molecule has 5 heteroatoms. The van der Waals surface area contributed by atoms with Gasteiger partial charge in [-0.2, -0.15) is 0 Å². The molecule has 0 saturated carbocycles. The van der Waals surface area contributed by atoms with E-state index in [1.165, 1.54) is 12.1 Å². The van der Waals surface area contributed by atoms with Crippen LogP contribution in [0.2, 0.25) is 5.02 Å². The Balaban J connectivity index is 1.77. The normalized spacial score (nSPS) is 10.8. The van der Waals surface area contributed by atoms with Crippen LogP contribution in [0, 0.1) is 5.82 Å². The van der Waals surface area contributed by atoms with Crippen molar-refractivity contribution in [3.05, 3.63) is 83.9 Å². The number of pyridine rings is 1. The Morgan fingerprint density at radius 1 is 0.880 bits per heavy atom. The molecule has 1 N–H and O–H groups in total. The van der Waals surface area contributed by atoms with Crippen LogP contribution in [0.5, 0.6) is 0 Å². The summed E-state index contributed by atoms with van der Waals surface area (Å²) in [6, 6.07) is 17.7. The quantitative estimate of drug-likeness (QED) is 0.523. The molecule has 0 atom stereocenters. The summed E-state index contributed by atoms with van der Waals surface area (Å²) in [5.41, 5.74) is 4.12. The molecular weight excluding hydrogens is 337 g/mol. The third kappa shape index (κ3) is 3.16. The number of halogens is 2. The van der Waals surface area contributed by atoms with Crippen LogP contribution < -0.4 is 0 Å². The van der Waals surface area contributed by atoms with Gasteiger partial charge in [-0.05, 0) is 36.4 Å². The fourth-order valence-corrected chi connectivity index (χ4v) is 2.82. The van der Waals surface area contributed by atoms with Crippen LogP contribution in [0.15, 0.2) is 73.1 Å². The van der Waals surface area contributed by atoms with Gasteiger partial charge in [0, 0.05) is 27.9 Å². The average molecular weight is 350 g/mol. The van der Waals surface area contributed by atoms with Crippen molar-refractivity contribution < 1.29 is 4.39 Å². The van der Waals surface area contributed by atoms with Gasteiger partial charge in [0.05, 0.1) is 17.6 Å². The Bertz CT molecular complexity index is 1030. The summed E-state index contributed by atoms with van der Waals surface area (Å²) in [7, 11) is 0. The van der Waals surface area contributed by atoms with E-state index in [9.17, 15) is 4.39 Å². The van der Waals surface area contributed by atoms with E-state index in [-0.39, 0.29) is 5.82 Å². The van der Waals surface area contributed by atoms with E-state index < -0.39 is 0 Å². The van der Waals surface area contributed by atoms with Crippen molar-refractivity contribution in [2.75, 3.05) is 0 Å². The highest BCUT2D eigenvalue weighted by molar-refractivity contribution is 6.30. The second-order valence-electron chi connectivity index (χ2n) is 5.56. The summed E-state index contributed by atoms with van der Waals surface area (Å²) >= 11 is 5.97. The second kappa shape index (κ2) is 6.49. The second-order valence-corrected chi connectivity index (χ2v) is 6.00. The smallest absolute Gasteiger partial charge is 0.139 e. The highest BCUT2D eigenvalue weighted by Crippen LogP contribution is 2.30. The van der Waals surface area contributed by atoms with E-state index in [1.54, 1.807) is 18.5 Å². The van der Waals surface area contributed by atoms with Gasteiger partial charge in [-0.25, -0.2) is 9.37 Å². The van der Waals surface area contributed by atoms with E-state index >= 15 is 0 Å². The molecule has 0 amide bonds. The minimum absolute atomic E-state index is 0.281. The van der Waals surface area contributed by atoms with E-state index in [0.29, 0.717) is 10.8 Å². The van der Waals surface area contributed by atoms with Gasteiger partial charge in [-0.1, -0.05) is 35.9 Å². The monoisotopic (exact) mass is 349 g/mol. The maximum atomic E-state index is 13.4. The Labute approximate surface area is 149 Å². The van der Waals surface area contributed by atoms with Crippen LogP contribution in [0.1, 0.15) is 0 Å². The van der Waals surface area contributed by atoms with Gasteiger partial charge in [0.2, 0.25) is 0 Å². The summed E-state index contributed by atoms with van der Waals surface area (Å²) in [5, 5.41) is 0.674. The maximum Gasteiger partial charge on any atom is 0.139 e. The van der Waals surface area contributed by atoms with Crippen LogP contribution in [-0.2, 0) is 0 Å². The molecule has 2 aromatic heterocycles. The molecular formula is C20H13ClFN3. The number of benzene rings is 2. The van der Waals surface area contributed by atoms with Crippen molar-refractivity contribution in [2.45, 2.75) is 0 Å². The standard InChI is InChI=1S/C20H13ClFN3/c21-15-8-6-13(7-9-15)19-17(5-2-10-23-19)20-24-12-18(25-20)14-3-1-4-16(22)11-14/h1-12H,(H,24,25). The molecule has 0 aliphatic carbocycles. The Hall–Kier alpha value is -2.98. The first-order valence-electron chi connectivity index (χ1n) is 7.73. The Kier molecular flexibility index (Phi) is 4.04. The lowest BCUT2D eigenvalue weighted by atomic mass is 10.1. The molecule has 25 heavy (non-hydrogen) atoms. The molecule has 0 aliphatic heterocycles. The van der Waals surface area contributed by atoms with Crippen molar-refractivity contribution in [3.63, 3.8) is 0 Å². The van der Waals surface area contributed by atoms with E-state index in [2.05, 4.69) is 15.0 Å². The number of nitrogens with zero attached hydrogens (tertiary/aromatic N) is 2. The average Bonchev–Trinajstić information content (AvgIpc) is 3.12. The van der Waals surface area contributed by atoms with Gasteiger partial charge >= 0.3 is 0 Å². The first-order valence-corrected chi connectivity index (χ1v) is 8.11. The van der Waals surface area contributed by atoms with Crippen molar-refractivity contribution in [1.29, 1.82) is 0 Å². The highest BCUT2D eigenvalue weighted by Gasteiger charge is 2.12. The molecule has 0 fully saturated rings. The number of nitrogens with one attached hydrogen (secondary N) is 1. The molecule has 0 spiro atoms. The molecule has 4 aromatic rings. The van der Waals surface area contributed by atoms with Crippen molar-refractivity contribution in [1.82, 2.24) is 15.0 Å². The lowest BCUT2D eigenvalue weighted by Gasteiger charge is -2.06. The molecule has 0 unspecified atom stereocenters. The fraction of sp³-hybridized carbons (Fsp3) is 0. The third-order valence-corrected chi connectivity index (χ3v) is 4.14. The van der Waals surface area contributed by atoms with Crippen LogP contribution >= 0.6 is 11.6 Å². The van der Waals surface area contributed by atoms with Crippen LogP contribution in [0.25, 0.3) is 33.9 Å². The maximum absolute atomic E-state index is 13.4. The molecule has 4 rings (SSSR count). The zero-order valence-corrected chi connectivity index (χ0v) is 13.8. The Morgan fingerprint density at radius 2 is 1.72 bits per heavy atom. The largest absolute Gasteiger partial charge is 0.338 e. The summed E-state index contributed by atoms with van der Waals surface area (Å²) < 4.78 is 13.4. The predicted octanol–water partition coefficient (Wildman–Crippen LogP) is 5.60. The minimum Gasteiger partial charge on any atom is -0.338 e. The SMILES string of the molecule is Fc1cccc(-c2cnc(-c3cccnc3-c3ccc(Cl)cc3)[nH]2)c1. The Morgan fingerprint density at radius 3 is 2.52 bits per heavy atom. The summed E-state index contributed by atoms with van der Waals surface area (Å²) in [5.74, 6) is 0.397. The van der Waals surface area contributed by atoms with E-state index in [4.69, 9.17) is 11.6 Å². The topological polar surface area (TPSA) is 41.6 Å². The summed E-state index contributed by atoms with van der Waals surface area (Å²) in [6.07, 6.45) is 3.44. The van der Waals surface area contributed by atoms with Crippen molar-refractivity contribution in [3.8, 4) is 33.9 Å². The molecule has 0 bridgehead atoms. The van der Waals surface area contributed by atoms with Crippen molar-refractivity contribution in [2.24, 2.45) is 0 Å². The van der Waals surface area contributed by atoms with Gasteiger partial charge < -0.3 is 4.98 Å². The molecule has 0 aliphatic rings. The first kappa shape index (κ1) is 15.5. The van der Waals surface area contributed by atoms with E-state index in [1.807, 2.05) is 42.5 Å². The van der Waals surface area contributed by atoms with Gasteiger partial charge in [0.25, 0.3) is 0 Å². The van der Waals surface area contributed by atoms with Gasteiger partial charge in [-0.3, -0.25) is 4.98 Å². The lowest BCUT2D eigenvalue weighted by Crippen LogP contribution is -1.90. The summed E-state index contributed by atoms with van der Waals surface area (Å²) in [6.45, 7) is 0. The first-order chi connectivity index (χ1) is 12.2. The zero-order valence-electron chi connectivity index (χ0n) is 13.1. The van der Waals surface area contributed by atoms with E-state index in [0.717, 1.165) is 28.1 Å². The number of aromatic nitrogens is 3. The third-order valence-electron chi connectivity index (χ3n) is 3.89. The minimum atomic E-state index is -0.281. The number of rotatable bonds is 3. The summed E-state index contributed by atoms with van der Waals surface area (Å²) in [4.78, 5) is 12.2. The predicted molar refractivity (Wildman–Crippen MR) is 97.7 cm³/mol. The van der Waals surface area contributed by atoms with Crippen LogP contribution in [0.3, 0.4) is 0 Å². The molecule has 0 saturated heterocycles. The lowest BCUT2D eigenvalue weighted by molar-refractivity contribution is 0.628. The van der Waals surface area contributed by atoms with Crippen LogP contribution in [0.4, 0.5) is 4.39 Å². The molecule has 3 nitrogen and oxygen atoms in total. The number of imidazole rings is 1. The fourth-order valence-electron chi connectivity index (χ4n) is 2.69. The number of aromatic amines is 1. The number of H-pyrrole nitrogens is 1. The zero-order chi connectivity index (χ0) is 17.2. The molecule has 122 valence electrons. The highest BCUT2D eigenvalue weighted by atomic mass is 35.5. The van der Waals surface area contributed by atoms with Gasteiger partial charge in [0.1, 0.15) is 11.6 Å². The van der Waals surface area contributed by atoms with Crippen molar-refractivity contribution >= 4 is 11.6 Å². The van der Waals surface area contributed by atoms with Gasteiger partial charge in [0.15, 0.2) is 0 Å². The number of hydrogen-bond acceptors (Lipinski definition) is 2. The number of hydrogen-bond donors (Lipinski definition) is 1. The van der Waals surface area contributed by atoms with Gasteiger partial charge in [-0.15, -0.1) is 0 Å².